The second kappa shape index (κ2) is 7.73. The van der Waals surface area contributed by atoms with Gasteiger partial charge >= 0.3 is 0 Å². The molecule has 0 saturated carbocycles. The molecule has 0 aliphatic rings. The first kappa shape index (κ1) is 18.0. The summed E-state index contributed by atoms with van der Waals surface area (Å²) >= 11 is 0. The highest BCUT2D eigenvalue weighted by Gasteiger charge is 2.05. The first-order valence-electron chi connectivity index (χ1n) is 9.75. The van der Waals surface area contributed by atoms with Gasteiger partial charge in [0, 0.05) is 29.5 Å². The number of aromatic amines is 1. The van der Waals surface area contributed by atoms with E-state index in [2.05, 4.69) is 21.8 Å². The van der Waals surface area contributed by atoms with Gasteiger partial charge in [0.25, 0.3) is 5.56 Å². The van der Waals surface area contributed by atoms with Crippen LogP contribution >= 0.6 is 0 Å². The molecule has 4 heteroatoms. The Morgan fingerprint density at radius 2 is 1.83 bits per heavy atom. The molecule has 0 fully saturated rings. The lowest BCUT2D eigenvalue weighted by Gasteiger charge is -2.04. The van der Waals surface area contributed by atoms with Gasteiger partial charge in [0.05, 0.1) is 0 Å². The van der Waals surface area contributed by atoms with Crippen LogP contribution in [-0.4, -0.2) is 9.97 Å². The minimum Gasteiger partial charge on any atom is -0.443 e. The van der Waals surface area contributed by atoms with E-state index < -0.39 is 0 Å². The number of aromatic nitrogens is 2. The van der Waals surface area contributed by atoms with Crippen LogP contribution in [0.15, 0.2) is 88.4 Å². The zero-order chi connectivity index (χ0) is 20.3. The van der Waals surface area contributed by atoms with Crippen LogP contribution in [0.25, 0.3) is 22.0 Å². The molecule has 1 N–H and O–H groups in total. The molecule has 0 unspecified atom stereocenters. The number of hydrogen-bond donors (Lipinski definition) is 1. The Morgan fingerprint density at radius 3 is 2.73 bits per heavy atom. The van der Waals surface area contributed by atoms with Crippen LogP contribution in [0, 0.1) is 11.8 Å². The molecule has 2 aromatic heterocycles. The normalized spacial score (nSPS) is 10.8. The van der Waals surface area contributed by atoms with Gasteiger partial charge in [-0.1, -0.05) is 48.2 Å². The fraction of sp³-hybridized carbons (Fsp3) is 0.0769. The lowest BCUT2D eigenvalue weighted by atomic mass is 10.0. The number of H-pyrrole nitrogens is 1. The molecular formula is C26H18N2O2. The third kappa shape index (κ3) is 3.74. The maximum atomic E-state index is 12.4. The van der Waals surface area contributed by atoms with E-state index in [0.29, 0.717) is 12.8 Å². The van der Waals surface area contributed by atoms with Crippen LogP contribution in [-0.2, 0) is 12.8 Å². The van der Waals surface area contributed by atoms with Gasteiger partial charge < -0.3 is 9.40 Å². The summed E-state index contributed by atoms with van der Waals surface area (Å²) in [4.78, 5) is 19.6. The molecule has 0 aliphatic heterocycles. The van der Waals surface area contributed by atoms with E-state index in [1.54, 1.807) is 0 Å². The Bertz CT molecular complexity index is 1470. The molecule has 0 saturated heterocycles. The van der Waals surface area contributed by atoms with E-state index in [-0.39, 0.29) is 5.56 Å². The average Bonchev–Trinajstić information content (AvgIpc) is 3.23. The van der Waals surface area contributed by atoms with Crippen LogP contribution in [0.4, 0.5) is 0 Å². The highest BCUT2D eigenvalue weighted by Crippen LogP contribution is 2.16. The fourth-order valence-electron chi connectivity index (χ4n) is 3.54. The zero-order valence-electron chi connectivity index (χ0n) is 16.2. The number of nitrogens with one attached hydrogen (secondary N) is 1. The van der Waals surface area contributed by atoms with E-state index in [1.165, 1.54) is 6.39 Å². The summed E-state index contributed by atoms with van der Waals surface area (Å²) in [6, 6.07) is 23.7. The summed E-state index contributed by atoms with van der Waals surface area (Å²) in [5, 5.41) is 0.983. The topological polar surface area (TPSA) is 58.9 Å². The molecule has 144 valence electrons. The van der Waals surface area contributed by atoms with Crippen molar-refractivity contribution in [2.45, 2.75) is 12.8 Å². The highest BCUT2D eigenvalue weighted by molar-refractivity contribution is 5.80. The highest BCUT2D eigenvalue weighted by atomic mass is 16.3. The third-order valence-corrected chi connectivity index (χ3v) is 5.08. The van der Waals surface area contributed by atoms with Gasteiger partial charge in [-0.25, -0.2) is 4.98 Å². The van der Waals surface area contributed by atoms with Crippen LogP contribution in [0.3, 0.4) is 0 Å². The van der Waals surface area contributed by atoms with Crippen molar-refractivity contribution in [1.82, 2.24) is 9.97 Å². The summed E-state index contributed by atoms with van der Waals surface area (Å²) in [7, 11) is 0. The maximum absolute atomic E-state index is 12.4. The monoisotopic (exact) mass is 390 g/mol. The van der Waals surface area contributed by atoms with E-state index in [0.717, 1.165) is 44.3 Å². The van der Waals surface area contributed by atoms with Crippen LogP contribution < -0.4 is 5.56 Å². The summed E-state index contributed by atoms with van der Waals surface area (Å²) in [6.07, 6.45) is 2.68. The molecule has 0 bridgehead atoms. The maximum Gasteiger partial charge on any atom is 0.251 e. The Morgan fingerprint density at radius 1 is 0.933 bits per heavy atom. The number of oxazole rings is 1. The number of benzene rings is 3. The third-order valence-electron chi connectivity index (χ3n) is 5.08. The van der Waals surface area contributed by atoms with Crippen molar-refractivity contribution in [2.24, 2.45) is 0 Å². The molecule has 0 spiro atoms. The molecule has 2 heterocycles. The van der Waals surface area contributed by atoms with Crippen molar-refractivity contribution in [3.05, 3.63) is 112 Å². The molecule has 5 aromatic rings. The minimum absolute atomic E-state index is 0.0477. The smallest absolute Gasteiger partial charge is 0.251 e. The summed E-state index contributed by atoms with van der Waals surface area (Å²) in [5.74, 6) is 6.45. The van der Waals surface area contributed by atoms with Gasteiger partial charge in [-0.3, -0.25) is 4.79 Å². The second-order valence-corrected chi connectivity index (χ2v) is 7.22. The standard InChI is InChI=1S/C26H18N2O2/c29-26-22(14-18-5-2-1-3-6-18)16-21-13-19(9-11-23(21)28-26)7-4-8-20-10-12-25-24(15-20)27-17-30-25/h1-3,5-6,9-13,15-17H,8,14H2,(H,28,29). The Kier molecular flexibility index (Phi) is 4.63. The fourth-order valence-corrected chi connectivity index (χ4v) is 3.54. The predicted octanol–water partition coefficient (Wildman–Crippen LogP) is 4.85. The van der Waals surface area contributed by atoms with Crippen molar-refractivity contribution < 1.29 is 4.42 Å². The van der Waals surface area contributed by atoms with E-state index >= 15 is 0 Å². The summed E-state index contributed by atoms with van der Waals surface area (Å²) in [5.41, 5.74) is 6.27. The zero-order valence-corrected chi connectivity index (χ0v) is 16.2. The summed E-state index contributed by atoms with van der Waals surface area (Å²) < 4.78 is 5.27. The molecular weight excluding hydrogens is 372 g/mol. The van der Waals surface area contributed by atoms with Crippen molar-refractivity contribution in [3.63, 3.8) is 0 Å². The van der Waals surface area contributed by atoms with Crippen LogP contribution in [0.2, 0.25) is 0 Å². The molecule has 0 aliphatic carbocycles. The number of pyridine rings is 1. The van der Waals surface area contributed by atoms with Crippen molar-refractivity contribution in [3.8, 4) is 11.8 Å². The van der Waals surface area contributed by atoms with Crippen LogP contribution in [0.1, 0.15) is 22.3 Å². The van der Waals surface area contributed by atoms with Gasteiger partial charge in [-0.05, 0) is 52.9 Å². The van der Waals surface area contributed by atoms with E-state index in [9.17, 15) is 4.79 Å². The van der Waals surface area contributed by atoms with Crippen molar-refractivity contribution in [2.75, 3.05) is 0 Å². The lowest BCUT2D eigenvalue weighted by molar-refractivity contribution is 0.602. The first-order chi connectivity index (χ1) is 14.7. The van der Waals surface area contributed by atoms with Gasteiger partial charge in [0.2, 0.25) is 0 Å². The molecule has 30 heavy (non-hydrogen) atoms. The molecule has 0 amide bonds. The minimum atomic E-state index is -0.0477. The van der Waals surface area contributed by atoms with E-state index in [4.69, 9.17) is 4.42 Å². The van der Waals surface area contributed by atoms with Crippen LogP contribution in [0.5, 0.6) is 0 Å². The summed E-state index contributed by atoms with van der Waals surface area (Å²) in [6.45, 7) is 0. The van der Waals surface area contributed by atoms with E-state index in [1.807, 2.05) is 72.8 Å². The number of nitrogens with zero attached hydrogens (tertiary/aromatic N) is 1. The Hall–Kier alpha value is -4.10. The van der Waals surface area contributed by atoms with Gasteiger partial charge in [0.1, 0.15) is 5.52 Å². The van der Waals surface area contributed by atoms with Gasteiger partial charge in [-0.2, -0.15) is 0 Å². The first-order valence-corrected chi connectivity index (χ1v) is 9.75. The van der Waals surface area contributed by atoms with Crippen molar-refractivity contribution in [1.29, 1.82) is 0 Å². The SMILES string of the molecule is O=c1[nH]c2ccc(C#CCc3ccc4ocnc4c3)cc2cc1Cc1ccccc1. The molecule has 3 aromatic carbocycles. The Labute approximate surface area is 173 Å². The van der Waals surface area contributed by atoms with Crippen molar-refractivity contribution >= 4 is 22.0 Å². The molecule has 0 radical (unpaired) electrons. The van der Waals surface area contributed by atoms with Gasteiger partial charge in [-0.15, -0.1) is 0 Å². The Balaban J connectivity index is 1.40. The molecule has 5 rings (SSSR count). The lowest BCUT2D eigenvalue weighted by Crippen LogP contribution is -2.12. The predicted molar refractivity (Wildman–Crippen MR) is 118 cm³/mol. The molecule has 0 atom stereocenters. The number of rotatable bonds is 3. The molecule has 4 nitrogen and oxygen atoms in total. The largest absolute Gasteiger partial charge is 0.443 e. The number of fused-ring (bicyclic) bond motifs is 2. The second-order valence-electron chi connectivity index (χ2n) is 7.22. The van der Waals surface area contributed by atoms with Gasteiger partial charge in [0.15, 0.2) is 12.0 Å². The number of hydrogen-bond acceptors (Lipinski definition) is 3. The quantitative estimate of drug-likeness (QED) is 0.448. The average molecular weight is 390 g/mol.